The van der Waals surface area contributed by atoms with Gasteiger partial charge in [0.1, 0.15) is 11.4 Å². The van der Waals surface area contributed by atoms with E-state index in [4.69, 9.17) is 16.3 Å². The number of aromatic hydroxyl groups is 1. The minimum Gasteiger partial charge on any atom is -0.505 e. The van der Waals surface area contributed by atoms with Crippen LogP contribution in [-0.4, -0.2) is 40.2 Å². The Balaban J connectivity index is 2.31. The Morgan fingerprint density at radius 3 is 2.72 bits per heavy atom. The molecule has 1 atom stereocenters. The minimum absolute atomic E-state index is 0.0677. The van der Waals surface area contributed by atoms with E-state index < -0.39 is 23.8 Å². The molecule has 0 bridgehead atoms. The molecule has 0 fully saturated rings. The number of fused-ring (bicyclic) bond motifs is 1. The molecule has 9 heteroatoms. The molecule has 1 aromatic rings. The summed E-state index contributed by atoms with van der Waals surface area (Å²) in [4.78, 5) is 26.2. The number of benzene rings is 1. The predicted octanol–water partition coefficient (Wildman–Crippen LogP) is 4.16. The van der Waals surface area contributed by atoms with Gasteiger partial charge in [-0.15, -0.1) is 11.6 Å². The normalized spacial score (nSPS) is 15.4. The summed E-state index contributed by atoms with van der Waals surface area (Å²) in [5.74, 6) is 0.342. The van der Waals surface area contributed by atoms with Crippen LogP contribution in [0.3, 0.4) is 0 Å². The molecule has 3 amide bonds. The van der Waals surface area contributed by atoms with Crippen molar-refractivity contribution in [3.05, 3.63) is 22.8 Å². The Bertz CT molecular complexity index is 829. The number of halogens is 1. The minimum atomic E-state index is -0.673. The number of nitriles is 1. The highest BCUT2D eigenvalue weighted by Crippen LogP contribution is 2.44. The molecule has 29 heavy (non-hydrogen) atoms. The van der Waals surface area contributed by atoms with Crippen molar-refractivity contribution in [2.75, 3.05) is 17.7 Å². The SMILES string of the molecule is Cc1c(O)c(NC(=O)NCCCCl)cc2c1C(CC#N)N(C(=O)OC(C)(C)C)C2. The second-order valence-corrected chi connectivity index (χ2v) is 8.26. The molecule has 3 N–H and O–H groups in total. The van der Waals surface area contributed by atoms with Crippen LogP contribution in [0, 0.1) is 18.3 Å². The third-order valence-corrected chi connectivity index (χ3v) is 4.75. The number of carbonyl (C=O) groups excluding carboxylic acids is 2. The Hall–Kier alpha value is -2.66. The van der Waals surface area contributed by atoms with E-state index >= 15 is 0 Å². The Morgan fingerprint density at radius 1 is 1.45 bits per heavy atom. The highest BCUT2D eigenvalue weighted by atomic mass is 35.5. The van der Waals surface area contributed by atoms with Gasteiger partial charge in [-0.2, -0.15) is 5.26 Å². The Kier molecular flexibility index (Phi) is 7.20. The summed E-state index contributed by atoms with van der Waals surface area (Å²) in [7, 11) is 0. The Morgan fingerprint density at radius 2 is 2.14 bits per heavy atom. The number of nitrogens with zero attached hydrogens (tertiary/aromatic N) is 2. The average molecular weight is 423 g/mol. The van der Waals surface area contributed by atoms with Gasteiger partial charge in [-0.3, -0.25) is 4.90 Å². The zero-order valence-corrected chi connectivity index (χ0v) is 17.9. The maximum absolute atomic E-state index is 12.7. The van der Waals surface area contributed by atoms with E-state index in [1.54, 1.807) is 33.8 Å². The van der Waals surface area contributed by atoms with Gasteiger partial charge in [0.25, 0.3) is 0 Å². The van der Waals surface area contributed by atoms with Gasteiger partial charge in [0.15, 0.2) is 0 Å². The summed E-state index contributed by atoms with van der Waals surface area (Å²) >= 11 is 5.60. The van der Waals surface area contributed by atoms with Crippen molar-refractivity contribution in [1.82, 2.24) is 10.2 Å². The monoisotopic (exact) mass is 422 g/mol. The van der Waals surface area contributed by atoms with Gasteiger partial charge in [-0.25, -0.2) is 9.59 Å². The summed E-state index contributed by atoms with van der Waals surface area (Å²) in [5.41, 5.74) is 1.55. The number of rotatable bonds is 5. The van der Waals surface area contributed by atoms with E-state index in [1.807, 2.05) is 0 Å². The molecule has 1 aliphatic rings. The third-order valence-electron chi connectivity index (χ3n) is 4.49. The van der Waals surface area contributed by atoms with E-state index in [9.17, 15) is 20.0 Å². The van der Waals surface area contributed by atoms with Crippen LogP contribution in [0.25, 0.3) is 0 Å². The second kappa shape index (κ2) is 9.23. The number of anilines is 1. The first-order valence-corrected chi connectivity index (χ1v) is 9.95. The van der Waals surface area contributed by atoms with Crippen molar-refractivity contribution >= 4 is 29.4 Å². The molecule has 8 nitrogen and oxygen atoms in total. The molecule has 0 spiro atoms. The topological polar surface area (TPSA) is 115 Å². The van der Waals surface area contributed by atoms with Crippen LogP contribution in [-0.2, 0) is 11.3 Å². The van der Waals surface area contributed by atoms with Crippen LogP contribution in [0.2, 0.25) is 0 Å². The standard InChI is InChI=1S/C20H27ClN4O4/c1-12-16-13(10-14(17(12)26)24-18(27)23-9-5-7-21)11-25(15(16)6-8-22)19(28)29-20(2,3)4/h10,15,26H,5-7,9,11H2,1-4H3,(H2,23,24,27). The molecule has 0 saturated heterocycles. The van der Waals surface area contributed by atoms with Crippen LogP contribution in [0.15, 0.2) is 6.07 Å². The summed E-state index contributed by atoms with van der Waals surface area (Å²) in [5, 5.41) is 25.1. The highest BCUT2D eigenvalue weighted by molar-refractivity contribution is 6.17. The molecular formula is C20H27ClN4O4. The number of amides is 3. The van der Waals surface area contributed by atoms with Gasteiger partial charge in [0.2, 0.25) is 0 Å². The fourth-order valence-electron chi connectivity index (χ4n) is 3.28. The molecule has 1 aliphatic heterocycles. The van der Waals surface area contributed by atoms with Gasteiger partial charge < -0.3 is 20.5 Å². The van der Waals surface area contributed by atoms with Crippen molar-refractivity contribution in [3.63, 3.8) is 0 Å². The van der Waals surface area contributed by atoms with E-state index in [-0.39, 0.29) is 24.4 Å². The zero-order chi connectivity index (χ0) is 21.8. The molecule has 2 rings (SSSR count). The highest BCUT2D eigenvalue weighted by Gasteiger charge is 2.38. The van der Waals surface area contributed by atoms with Gasteiger partial charge in [-0.05, 0) is 56.9 Å². The van der Waals surface area contributed by atoms with Crippen molar-refractivity contribution < 1.29 is 19.4 Å². The van der Waals surface area contributed by atoms with Crippen molar-refractivity contribution in [1.29, 1.82) is 5.26 Å². The third kappa shape index (κ3) is 5.45. The van der Waals surface area contributed by atoms with E-state index in [0.717, 1.165) is 5.56 Å². The number of carbonyl (C=O) groups is 2. The zero-order valence-electron chi connectivity index (χ0n) is 17.1. The van der Waals surface area contributed by atoms with E-state index in [0.29, 0.717) is 30.0 Å². The smallest absolute Gasteiger partial charge is 0.411 e. The molecule has 0 saturated carbocycles. The fraction of sp³-hybridized carbons (Fsp3) is 0.550. The van der Waals surface area contributed by atoms with Crippen LogP contribution in [0.1, 0.15) is 56.3 Å². The van der Waals surface area contributed by atoms with E-state index in [2.05, 4.69) is 16.7 Å². The largest absolute Gasteiger partial charge is 0.505 e. The summed E-state index contributed by atoms with van der Waals surface area (Å²) in [6.45, 7) is 7.66. The summed E-state index contributed by atoms with van der Waals surface area (Å²) in [6, 6.07) is 2.75. The van der Waals surface area contributed by atoms with E-state index in [1.165, 1.54) is 4.90 Å². The molecule has 1 unspecified atom stereocenters. The molecule has 0 radical (unpaired) electrons. The first kappa shape index (κ1) is 22.6. The quantitative estimate of drug-likeness (QED) is 0.374. The molecule has 158 valence electrons. The maximum atomic E-state index is 12.7. The molecule has 1 aromatic carbocycles. The fourth-order valence-corrected chi connectivity index (χ4v) is 3.41. The van der Waals surface area contributed by atoms with Crippen molar-refractivity contribution in [3.8, 4) is 11.8 Å². The number of hydrogen-bond acceptors (Lipinski definition) is 5. The number of phenols is 1. The number of alkyl halides is 1. The lowest BCUT2D eigenvalue weighted by Gasteiger charge is -2.28. The van der Waals surface area contributed by atoms with Gasteiger partial charge >= 0.3 is 12.1 Å². The summed E-state index contributed by atoms with van der Waals surface area (Å²) < 4.78 is 5.47. The predicted molar refractivity (Wildman–Crippen MR) is 110 cm³/mol. The number of ether oxygens (including phenoxy) is 1. The Labute approximate surface area is 175 Å². The lowest BCUT2D eigenvalue weighted by Crippen LogP contribution is -2.35. The first-order chi connectivity index (χ1) is 13.6. The van der Waals surface area contributed by atoms with Gasteiger partial charge in [-0.1, -0.05) is 0 Å². The van der Waals surface area contributed by atoms with Crippen LogP contribution in [0.4, 0.5) is 15.3 Å². The lowest BCUT2D eigenvalue weighted by molar-refractivity contribution is 0.0175. The number of hydrogen-bond donors (Lipinski definition) is 3. The summed E-state index contributed by atoms with van der Waals surface area (Å²) in [6.07, 6.45) is 0.171. The van der Waals surface area contributed by atoms with Crippen LogP contribution < -0.4 is 10.6 Å². The number of urea groups is 1. The van der Waals surface area contributed by atoms with Crippen molar-refractivity contribution in [2.24, 2.45) is 0 Å². The molecule has 0 aromatic heterocycles. The number of phenolic OH excluding ortho intramolecular Hbond substituents is 1. The van der Waals surface area contributed by atoms with Crippen LogP contribution in [0.5, 0.6) is 5.75 Å². The number of nitrogens with one attached hydrogen (secondary N) is 2. The van der Waals surface area contributed by atoms with Crippen LogP contribution >= 0.6 is 11.6 Å². The molecule has 1 heterocycles. The van der Waals surface area contributed by atoms with Crippen molar-refractivity contribution in [2.45, 2.75) is 58.7 Å². The first-order valence-electron chi connectivity index (χ1n) is 9.41. The second-order valence-electron chi connectivity index (χ2n) is 7.88. The maximum Gasteiger partial charge on any atom is 0.411 e. The lowest BCUT2D eigenvalue weighted by atomic mass is 9.95. The van der Waals surface area contributed by atoms with Gasteiger partial charge in [0, 0.05) is 12.4 Å². The van der Waals surface area contributed by atoms with Gasteiger partial charge in [0.05, 0.1) is 30.8 Å². The average Bonchev–Trinajstić information content (AvgIpc) is 2.97. The molecule has 0 aliphatic carbocycles. The molecular weight excluding hydrogens is 396 g/mol.